The van der Waals surface area contributed by atoms with Gasteiger partial charge in [-0.3, -0.25) is 9.69 Å². The minimum atomic E-state index is -0.802. The highest BCUT2D eigenvalue weighted by Crippen LogP contribution is 2.23. The quantitative estimate of drug-likeness (QED) is 0.741. The summed E-state index contributed by atoms with van der Waals surface area (Å²) < 4.78 is 5.22. The summed E-state index contributed by atoms with van der Waals surface area (Å²) in [4.78, 5) is 12.8. The molecule has 0 aromatic carbocycles. The zero-order chi connectivity index (χ0) is 13.1. The third kappa shape index (κ3) is 3.94. The Morgan fingerprint density at radius 3 is 2.41 bits per heavy atom. The predicted octanol–water partition coefficient (Wildman–Crippen LogP) is 0.569. The Bertz CT molecular complexity index is 263. The Morgan fingerprint density at radius 2 is 1.94 bits per heavy atom. The molecule has 1 aliphatic heterocycles. The van der Waals surface area contributed by atoms with Gasteiger partial charge in [0.25, 0.3) is 0 Å². The van der Waals surface area contributed by atoms with Gasteiger partial charge in [0.2, 0.25) is 0 Å². The Kier molecular flexibility index (Phi) is 4.91. The van der Waals surface area contributed by atoms with Crippen LogP contribution in [0.25, 0.3) is 0 Å². The molecule has 0 saturated carbocycles. The molecule has 5 nitrogen and oxygen atoms in total. The molecule has 2 atom stereocenters. The standard InChI is InChI=1S/C12H23NO4/c1-9(11(14)15)10(2)13(3)8-12(16)4-6-17-7-5-12/h9-10,16H,4-8H2,1-3H3,(H,14,15). The lowest BCUT2D eigenvalue weighted by molar-refractivity contribution is -0.144. The molecule has 1 rings (SSSR count). The molecule has 1 heterocycles. The summed E-state index contributed by atoms with van der Waals surface area (Å²) in [7, 11) is 1.86. The van der Waals surface area contributed by atoms with E-state index >= 15 is 0 Å². The second-order valence-corrected chi connectivity index (χ2v) is 5.12. The second-order valence-electron chi connectivity index (χ2n) is 5.12. The van der Waals surface area contributed by atoms with Crippen molar-refractivity contribution in [2.24, 2.45) is 5.92 Å². The van der Waals surface area contributed by atoms with Crippen molar-refractivity contribution in [2.75, 3.05) is 26.8 Å². The average Bonchev–Trinajstić information content (AvgIpc) is 2.27. The van der Waals surface area contributed by atoms with Gasteiger partial charge in [0.05, 0.1) is 11.5 Å². The summed E-state index contributed by atoms with van der Waals surface area (Å²) in [6, 6.07) is -0.0978. The number of nitrogens with zero attached hydrogens (tertiary/aromatic N) is 1. The van der Waals surface area contributed by atoms with Crippen LogP contribution >= 0.6 is 0 Å². The van der Waals surface area contributed by atoms with Crippen molar-refractivity contribution >= 4 is 5.97 Å². The molecule has 100 valence electrons. The van der Waals surface area contributed by atoms with Crippen LogP contribution in [0.2, 0.25) is 0 Å². The maximum absolute atomic E-state index is 10.9. The van der Waals surface area contributed by atoms with E-state index in [0.717, 1.165) is 0 Å². The highest BCUT2D eigenvalue weighted by Gasteiger charge is 2.33. The van der Waals surface area contributed by atoms with Gasteiger partial charge in [-0.1, -0.05) is 6.92 Å². The molecule has 0 aliphatic carbocycles. The number of likely N-dealkylation sites (N-methyl/N-ethyl adjacent to an activating group) is 1. The number of carboxylic acid groups (broad SMARTS) is 1. The van der Waals surface area contributed by atoms with E-state index < -0.39 is 17.5 Å². The Balaban J connectivity index is 2.52. The van der Waals surface area contributed by atoms with Gasteiger partial charge < -0.3 is 14.9 Å². The van der Waals surface area contributed by atoms with Crippen LogP contribution < -0.4 is 0 Å². The molecule has 0 amide bonds. The first-order valence-corrected chi connectivity index (χ1v) is 6.09. The fourth-order valence-electron chi connectivity index (χ4n) is 2.11. The number of hydrogen-bond acceptors (Lipinski definition) is 4. The fourth-order valence-corrected chi connectivity index (χ4v) is 2.11. The highest BCUT2D eigenvalue weighted by atomic mass is 16.5. The lowest BCUT2D eigenvalue weighted by Gasteiger charge is -2.38. The van der Waals surface area contributed by atoms with Gasteiger partial charge in [-0.25, -0.2) is 0 Å². The van der Waals surface area contributed by atoms with Gasteiger partial charge in [0, 0.05) is 38.6 Å². The first kappa shape index (κ1) is 14.4. The minimum Gasteiger partial charge on any atom is -0.481 e. The zero-order valence-corrected chi connectivity index (χ0v) is 10.8. The van der Waals surface area contributed by atoms with E-state index in [0.29, 0.717) is 32.6 Å². The second kappa shape index (κ2) is 5.80. The third-order valence-corrected chi connectivity index (χ3v) is 3.78. The van der Waals surface area contributed by atoms with Gasteiger partial charge in [0.15, 0.2) is 0 Å². The molecular formula is C12H23NO4. The Hall–Kier alpha value is -0.650. The average molecular weight is 245 g/mol. The van der Waals surface area contributed by atoms with Crippen molar-refractivity contribution in [1.82, 2.24) is 4.90 Å². The van der Waals surface area contributed by atoms with Crippen molar-refractivity contribution in [3.63, 3.8) is 0 Å². The summed E-state index contributed by atoms with van der Waals surface area (Å²) in [6.07, 6.45) is 1.23. The molecule has 17 heavy (non-hydrogen) atoms. The molecule has 0 radical (unpaired) electrons. The van der Waals surface area contributed by atoms with Gasteiger partial charge in [-0.2, -0.15) is 0 Å². The molecule has 1 saturated heterocycles. The number of hydrogen-bond donors (Lipinski definition) is 2. The molecular weight excluding hydrogens is 222 g/mol. The summed E-state index contributed by atoms with van der Waals surface area (Å²) in [6.45, 7) is 5.22. The normalized spacial score (nSPS) is 23.4. The molecule has 2 N–H and O–H groups in total. The van der Waals surface area contributed by atoms with Crippen molar-refractivity contribution < 1.29 is 19.7 Å². The van der Waals surface area contributed by atoms with Crippen LogP contribution in [0.3, 0.4) is 0 Å². The van der Waals surface area contributed by atoms with Crippen LogP contribution in [0, 0.1) is 5.92 Å². The van der Waals surface area contributed by atoms with E-state index in [1.165, 1.54) is 0 Å². The van der Waals surface area contributed by atoms with E-state index in [1.54, 1.807) is 6.92 Å². The smallest absolute Gasteiger partial charge is 0.307 e. The van der Waals surface area contributed by atoms with Crippen LogP contribution in [-0.4, -0.2) is 59.5 Å². The molecule has 0 bridgehead atoms. The van der Waals surface area contributed by atoms with Gasteiger partial charge in [-0.05, 0) is 14.0 Å². The molecule has 0 aromatic heterocycles. The number of carbonyl (C=O) groups is 1. The predicted molar refractivity (Wildman–Crippen MR) is 63.9 cm³/mol. The number of ether oxygens (including phenoxy) is 1. The molecule has 0 aromatic rings. The SMILES string of the molecule is CC(C(=O)O)C(C)N(C)CC1(O)CCOCC1. The number of rotatable bonds is 5. The van der Waals surface area contributed by atoms with E-state index in [2.05, 4.69) is 0 Å². The van der Waals surface area contributed by atoms with Crippen LogP contribution in [0.1, 0.15) is 26.7 Å². The Morgan fingerprint density at radius 1 is 1.41 bits per heavy atom. The van der Waals surface area contributed by atoms with E-state index in [4.69, 9.17) is 9.84 Å². The topological polar surface area (TPSA) is 70.0 Å². The Labute approximate surface area is 102 Å². The summed E-state index contributed by atoms with van der Waals surface area (Å²) in [5.74, 6) is -1.24. The number of carboxylic acids is 1. The summed E-state index contributed by atoms with van der Waals surface area (Å²) in [5, 5.41) is 19.3. The maximum atomic E-state index is 10.9. The first-order chi connectivity index (χ1) is 7.86. The third-order valence-electron chi connectivity index (χ3n) is 3.78. The molecule has 5 heteroatoms. The fraction of sp³-hybridized carbons (Fsp3) is 0.917. The monoisotopic (exact) mass is 245 g/mol. The van der Waals surface area contributed by atoms with Crippen molar-refractivity contribution in [2.45, 2.75) is 38.3 Å². The van der Waals surface area contributed by atoms with E-state index in [-0.39, 0.29) is 6.04 Å². The van der Waals surface area contributed by atoms with Crippen molar-refractivity contribution in [1.29, 1.82) is 0 Å². The van der Waals surface area contributed by atoms with E-state index in [9.17, 15) is 9.90 Å². The molecule has 2 unspecified atom stereocenters. The van der Waals surface area contributed by atoms with Gasteiger partial charge in [-0.15, -0.1) is 0 Å². The van der Waals surface area contributed by atoms with Crippen LogP contribution in [0.4, 0.5) is 0 Å². The number of aliphatic hydroxyl groups is 1. The zero-order valence-electron chi connectivity index (χ0n) is 10.8. The van der Waals surface area contributed by atoms with Crippen molar-refractivity contribution in [3.05, 3.63) is 0 Å². The highest BCUT2D eigenvalue weighted by molar-refractivity contribution is 5.70. The van der Waals surface area contributed by atoms with Gasteiger partial charge in [0.1, 0.15) is 0 Å². The summed E-state index contributed by atoms with van der Waals surface area (Å²) in [5.41, 5.74) is -0.737. The van der Waals surface area contributed by atoms with Crippen LogP contribution in [0.15, 0.2) is 0 Å². The maximum Gasteiger partial charge on any atom is 0.307 e. The lowest BCUT2D eigenvalue weighted by atomic mass is 9.92. The molecule has 0 spiro atoms. The van der Waals surface area contributed by atoms with Crippen LogP contribution in [0.5, 0.6) is 0 Å². The van der Waals surface area contributed by atoms with E-state index in [1.807, 2.05) is 18.9 Å². The molecule has 1 aliphatic rings. The van der Waals surface area contributed by atoms with Crippen molar-refractivity contribution in [3.8, 4) is 0 Å². The minimum absolute atomic E-state index is 0.0978. The first-order valence-electron chi connectivity index (χ1n) is 6.09. The lowest BCUT2D eigenvalue weighted by Crippen LogP contribution is -2.50. The van der Waals surface area contributed by atoms with Crippen LogP contribution in [-0.2, 0) is 9.53 Å². The molecule has 1 fully saturated rings. The summed E-state index contributed by atoms with van der Waals surface area (Å²) >= 11 is 0. The van der Waals surface area contributed by atoms with Gasteiger partial charge >= 0.3 is 5.97 Å². The number of aliphatic carboxylic acids is 1. The largest absolute Gasteiger partial charge is 0.481 e.